The molecule has 8 heteroatoms. The van der Waals surface area contributed by atoms with Gasteiger partial charge in [-0.15, -0.1) is 11.3 Å². The van der Waals surface area contributed by atoms with E-state index >= 15 is 0 Å². The van der Waals surface area contributed by atoms with E-state index in [2.05, 4.69) is 14.9 Å². The normalized spacial score (nSPS) is 14.5. The van der Waals surface area contributed by atoms with Crippen LogP contribution < -0.4 is 4.90 Å². The van der Waals surface area contributed by atoms with E-state index in [1.165, 1.54) is 6.07 Å². The molecule has 3 aromatic rings. The summed E-state index contributed by atoms with van der Waals surface area (Å²) in [6.07, 6.45) is 1.68. The SMILES string of the molecule is O=C(O)c1ccccc1CC(=O)N1CCN(c2ncnc3sccc23)CC1. The number of aromatic nitrogens is 2. The van der Waals surface area contributed by atoms with E-state index in [4.69, 9.17) is 0 Å². The molecule has 7 nitrogen and oxygen atoms in total. The van der Waals surface area contributed by atoms with E-state index in [-0.39, 0.29) is 17.9 Å². The Hall–Kier alpha value is -3.00. The van der Waals surface area contributed by atoms with Gasteiger partial charge in [0, 0.05) is 26.2 Å². The fourth-order valence-electron chi connectivity index (χ4n) is 3.35. The molecule has 1 N–H and O–H groups in total. The van der Waals surface area contributed by atoms with E-state index in [1.807, 2.05) is 11.4 Å². The fraction of sp³-hybridized carbons (Fsp3) is 0.263. The first-order valence-electron chi connectivity index (χ1n) is 8.65. The van der Waals surface area contributed by atoms with E-state index in [1.54, 1.807) is 40.8 Å². The number of amides is 1. The summed E-state index contributed by atoms with van der Waals surface area (Å²) in [5.74, 6) is -0.150. The van der Waals surface area contributed by atoms with Gasteiger partial charge in [-0.3, -0.25) is 4.79 Å². The molecule has 1 aliphatic rings. The lowest BCUT2D eigenvalue weighted by Gasteiger charge is -2.35. The summed E-state index contributed by atoms with van der Waals surface area (Å²) >= 11 is 1.59. The molecule has 0 spiro atoms. The predicted octanol–water partition coefficient (Wildman–Crippen LogP) is 2.28. The third kappa shape index (κ3) is 3.48. The Morgan fingerprint density at radius 2 is 1.85 bits per heavy atom. The molecule has 0 bridgehead atoms. The Bertz CT molecular complexity index is 995. The number of rotatable bonds is 4. The fourth-order valence-corrected chi connectivity index (χ4v) is 4.08. The van der Waals surface area contributed by atoms with Gasteiger partial charge in [-0.1, -0.05) is 18.2 Å². The Balaban J connectivity index is 1.43. The van der Waals surface area contributed by atoms with Crippen molar-refractivity contribution in [3.63, 3.8) is 0 Å². The maximum absolute atomic E-state index is 12.6. The highest BCUT2D eigenvalue weighted by atomic mass is 32.1. The largest absolute Gasteiger partial charge is 0.478 e. The molecule has 2 aromatic heterocycles. The number of piperazine rings is 1. The van der Waals surface area contributed by atoms with Gasteiger partial charge in [-0.05, 0) is 23.1 Å². The van der Waals surface area contributed by atoms with Gasteiger partial charge >= 0.3 is 5.97 Å². The molecule has 4 rings (SSSR count). The smallest absolute Gasteiger partial charge is 0.335 e. The van der Waals surface area contributed by atoms with Crippen LogP contribution in [0.15, 0.2) is 42.0 Å². The molecule has 0 unspecified atom stereocenters. The number of thiophene rings is 1. The van der Waals surface area contributed by atoms with Gasteiger partial charge in [0.1, 0.15) is 17.0 Å². The van der Waals surface area contributed by atoms with Crippen LogP contribution in [0.1, 0.15) is 15.9 Å². The van der Waals surface area contributed by atoms with E-state index in [0.29, 0.717) is 31.7 Å². The van der Waals surface area contributed by atoms with Crippen molar-refractivity contribution in [3.05, 3.63) is 53.2 Å². The summed E-state index contributed by atoms with van der Waals surface area (Å²) in [5.41, 5.74) is 0.735. The van der Waals surface area contributed by atoms with Crippen LogP contribution in [0.4, 0.5) is 5.82 Å². The highest BCUT2D eigenvalue weighted by molar-refractivity contribution is 7.16. The second-order valence-electron chi connectivity index (χ2n) is 6.34. The first-order valence-corrected chi connectivity index (χ1v) is 9.53. The van der Waals surface area contributed by atoms with Crippen molar-refractivity contribution in [3.8, 4) is 0 Å². The molecule has 27 heavy (non-hydrogen) atoms. The Kier molecular flexibility index (Phi) is 4.72. The first kappa shape index (κ1) is 17.4. The predicted molar refractivity (Wildman–Crippen MR) is 103 cm³/mol. The van der Waals surface area contributed by atoms with Gasteiger partial charge in [0.2, 0.25) is 5.91 Å². The molecule has 0 saturated carbocycles. The van der Waals surface area contributed by atoms with Crippen molar-refractivity contribution in [1.29, 1.82) is 0 Å². The number of carboxylic acids is 1. The summed E-state index contributed by atoms with van der Waals surface area (Å²) < 4.78 is 0. The molecule has 0 radical (unpaired) electrons. The summed E-state index contributed by atoms with van der Waals surface area (Å²) in [6, 6.07) is 8.68. The van der Waals surface area contributed by atoms with Gasteiger partial charge in [0.05, 0.1) is 17.4 Å². The molecule has 1 amide bonds. The van der Waals surface area contributed by atoms with Crippen LogP contribution >= 0.6 is 11.3 Å². The number of hydrogen-bond donors (Lipinski definition) is 1. The minimum absolute atomic E-state index is 0.0493. The van der Waals surface area contributed by atoms with Crippen LogP contribution in [0.5, 0.6) is 0 Å². The van der Waals surface area contributed by atoms with Crippen LogP contribution in [0.25, 0.3) is 10.2 Å². The summed E-state index contributed by atoms with van der Waals surface area (Å²) in [6.45, 7) is 2.55. The Labute approximate surface area is 159 Å². The highest BCUT2D eigenvalue weighted by Crippen LogP contribution is 2.27. The van der Waals surface area contributed by atoms with Gasteiger partial charge in [0.25, 0.3) is 0 Å². The second-order valence-corrected chi connectivity index (χ2v) is 7.24. The zero-order valence-electron chi connectivity index (χ0n) is 14.5. The number of aromatic carboxylic acids is 1. The van der Waals surface area contributed by atoms with Gasteiger partial charge in [-0.25, -0.2) is 14.8 Å². The summed E-state index contributed by atoms with van der Waals surface area (Å²) in [5, 5.41) is 12.3. The molecule has 0 atom stereocenters. The number of hydrogen-bond acceptors (Lipinski definition) is 6. The number of benzene rings is 1. The Morgan fingerprint density at radius 1 is 1.07 bits per heavy atom. The van der Waals surface area contributed by atoms with Crippen molar-refractivity contribution >= 4 is 39.2 Å². The third-order valence-electron chi connectivity index (χ3n) is 4.76. The molecule has 1 aromatic carbocycles. The van der Waals surface area contributed by atoms with E-state index < -0.39 is 5.97 Å². The zero-order valence-corrected chi connectivity index (χ0v) is 15.4. The lowest BCUT2D eigenvalue weighted by molar-refractivity contribution is -0.130. The highest BCUT2D eigenvalue weighted by Gasteiger charge is 2.24. The third-order valence-corrected chi connectivity index (χ3v) is 5.58. The average molecular weight is 382 g/mol. The van der Waals surface area contributed by atoms with Crippen LogP contribution in [0.3, 0.4) is 0 Å². The van der Waals surface area contributed by atoms with Crippen molar-refractivity contribution < 1.29 is 14.7 Å². The number of nitrogens with zero attached hydrogens (tertiary/aromatic N) is 4. The van der Waals surface area contributed by atoms with Crippen molar-refractivity contribution in [2.24, 2.45) is 0 Å². The molecule has 3 heterocycles. The lowest BCUT2D eigenvalue weighted by Crippen LogP contribution is -2.49. The number of carboxylic acid groups (broad SMARTS) is 1. The van der Waals surface area contributed by atoms with E-state index in [0.717, 1.165) is 16.0 Å². The quantitative estimate of drug-likeness (QED) is 0.745. The van der Waals surface area contributed by atoms with Crippen LogP contribution in [0.2, 0.25) is 0 Å². The molecule has 1 aliphatic heterocycles. The summed E-state index contributed by atoms with van der Waals surface area (Å²) in [4.78, 5) is 37.6. The molecular weight excluding hydrogens is 364 g/mol. The second kappa shape index (κ2) is 7.32. The first-order chi connectivity index (χ1) is 13.1. The van der Waals surface area contributed by atoms with Crippen molar-refractivity contribution in [1.82, 2.24) is 14.9 Å². The van der Waals surface area contributed by atoms with Crippen LogP contribution in [-0.4, -0.2) is 58.0 Å². The number of carbonyl (C=O) groups is 2. The Morgan fingerprint density at radius 3 is 2.63 bits per heavy atom. The monoisotopic (exact) mass is 382 g/mol. The van der Waals surface area contributed by atoms with Gasteiger partial charge in [-0.2, -0.15) is 0 Å². The minimum Gasteiger partial charge on any atom is -0.478 e. The van der Waals surface area contributed by atoms with Gasteiger partial charge < -0.3 is 14.9 Å². The van der Waals surface area contributed by atoms with Crippen LogP contribution in [0, 0.1) is 0 Å². The zero-order chi connectivity index (χ0) is 18.8. The molecule has 1 fully saturated rings. The van der Waals surface area contributed by atoms with Crippen molar-refractivity contribution in [2.75, 3.05) is 31.1 Å². The molecular formula is C19H18N4O3S. The molecule has 0 aliphatic carbocycles. The standard InChI is InChI=1S/C19H18N4O3S/c24-16(11-13-3-1-2-4-14(13)19(25)26)22-6-8-23(9-7-22)17-15-5-10-27-18(15)21-12-20-17/h1-5,10,12H,6-9,11H2,(H,25,26). The van der Waals surface area contributed by atoms with Crippen molar-refractivity contribution in [2.45, 2.75) is 6.42 Å². The molecule has 138 valence electrons. The maximum Gasteiger partial charge on any atom is 0.335 e. The topological polar surface area (TPSA) is 86.6 Å². The summed E-state index contributed by atoms with van der Waals surface area (Å²) in [7, 11) is 0. The number of fused-ring (bicyclic) bond motifs is 1. The van der Waals surface area contributed by atoms with E-state index in [9.17, 15) is 14.7 Å². The molecule has 1 saturated heterocycles. The average Bonchev–Trinajstić information content (AvgIpc) is 3.17. The number of anilines is 1. The van der Waals surface area contributed by atoms with Crippen LogP contribution in [-0.2, 0) is 11.2 Å². The lowest BCUT2D eigenvalue weighted by atomic mass is 10.0. The van der Waals surface area contributed by atoms with Gasteiger partial charge in [0.15, 0.2) is 0 Å². The number of carbonyl (C=O) groups excluding carboxylic acids is 1. The maximum atomic E-state index is 12.6. The minimum atomic E-state index is -1.01.